The highest BCUT2D eigenvalue weighted by Gasteiger charge is 2.23. The van der Waals surface area contributed by atoms with Gasteiger partial charge in [0.15, 0.2) is 5.78 Å². The molecule has 1 aromatic heterocycles. The Hall–Kier alpha value is -2.32. The van der Waals surface area contributed by atoms with Gasteiger partial charge in [-0.25, -0.2) is 0 Å². The number of ketones is 1. The van der Waals surface area contributed by atoms with Gasteiger partial charge in [0, 0.05) is 5.02 Å². The van der Waals surface area contributed by atoms with Gasteiger partial charge in [-0.05, 0) is 50.1 Å². The van der Waals surface area contributed by atoms with Crippen molar-refractivity contribution in [3.05, 3.63) is 93.4 Å². The van der Waals surface area contributed by atoms with Crippen LogP contribution < -0.4 is 0 Å². The molecule has 3 rings (SSSR count). The fourth-order valence-electron chi connectivity index (χ4n) is 2.93. The lowest BCUT2D eigenvalue weighted by Crippen LogP contribution is -2.02. The highest BCUT2D eigenvalue weighted by atomic mass is 35.5. The molecule has 1 unspecified atom stereocenters. The lowest BCUT2D eigenvalue weighted by atomic mass is 9.88. The second-order valence-electron chi connectivity index (χ2n) is 6.07. The molecule has 2 nitrogen and oxygen atoms in total. The molecule has 0 aliphatic carbocycles. The number of furan rings is 1. The number of carbonyl (C=O) groups excluding carboxylic acids is 1. The van der Waals surface area contributed by atoms with E-state index in [1.165, 1.54) is 5.56 Å². The number of Topliss-reactive ketones (excluding diaryl/α,β-unsaturated/α-hetero) is 1. The van der Waals surface area contributed by atoms with Gasteiger partial charge in [0.05, 0.1) is 11.5 Å². The Kier molecular flexibility index (Phi) is 4.59. The molecule has 1 atom stereocenters. The highest BCUT2D eigenvalue weighted by molar-refractivity contribution is 6.30. The third-order valence-corrected chi connectivity index (χ3v) is 4.47. The Morgan fingerprint density at radius 2 is 1.50 bits per heavy atom. The van der Waals surface area contributed by atoms with Crippen LogP contribution in [0.15, 0.2) is 59.0 Å². The van der Waals surface area contributed by atoms with Crippen molar-refractivity contribution in [3.63, 3.8) is 0 Å². The molecule has 3 aromatic rings. The van der Waals surface area contributed by atoms with E-state index in [2.05, 4.69) is 31.2 Å². The zero-order valence-electron chi connectivity index (χ0n) is 14.0. The Morgan fingerprint density at radius 3 is 2.00 bits per heavy atom. The van der Waals surface area contributed by atoms with Crippen molar-refractivity contribution in [2.24, 2.45) is 0 Å². The minimum atomic E-state index is -0.0744. The number of halogens is 1. The summed E-state index contributed by atoms with van der Waals surface area (Å²) in [5.41, 5.74) is 4.03. The van der Waals surface area contributed by atoms with Crippen LogP contribution in [0.4, 0.5) is 0 Å². The highest BCUT2D eigenvalue weighted by Crippen LogP contribution is 2.35. The summed E-state index contributed by atoms with van der Waals surface area (Å²) in [6.45, 7) is 5.45. The van der Waals surface area contributed by atoms with E-state index in [0.29, 0.717) is 16.3 Å². The third kappa shape index (κ3) is 3.29. The molecule has 24 heavy (non-hydrogen) atoms. The molecule has 0 N–H and O–H groups in total. The van der Waals surface area contributed by atoms with E-state index in [-0.39, 0.29) is 11.7 Å². The maximum Gasteiger partial charge on any atom is 0.163 e. The standard InChI is InChI=1S/C21H19ClO2/c1-13-4-6-16(7-5-13)21(17-8-10-18(22)11-9-17)20-12-19(14(2)23)15(3)24-20/h4-12,21H,1-3H3. The van der Waals surface area contributed by atoms with Crippen molar-refractivity contribution in [2.75, 3.05) is 0 Å². The zero-order valence-corrected chi connectivity index (χ0v) is 14.7. The van der Waals surface area contributed by atoms with E-state index in [4.69, 9.17) is 16.0 Å². The van der Waals surface area contributed by atoms with E-state index in [1.807, 2.05) is 37.3 Å². The molecule has 0 aliphatic heterocycles. The van der Waals surface area contributed by atoms with Gasteiger partial charge in [-0.2, -0.15) is 0 Å². The SMILES string of the molecule is CC(=O)c1cc(C(c2ccc(C)cc2)c2ccc(Cl)cc2)oc1C. The minimum Gasteiger partial charge on any atom is -0.465 e. The maximum absolute atomic E-state index is 11.8. The van der Waals surface area contributed by atoms with Crippen LogP contribution in [0, 0.1) is 13.8 Å². The molecule has 0 fully saturated rings. The van der Waals surface area contributed by atoms with Crippen LogP contribution in [-0.4, -0.2) is 5.78 Å². The van der Waals surface area contributed by atoms with Crippen LogP contribution in [0.25, 0.3) is 0 Å². The second kappa shape index (κ2) is 6.66. The molecule has 0 aliphatic rings. The Morgan fingerprint density at radius 1 is 0.958 bits per heavy atom. The van der Waals surface area contributed by atoms with Crippen LogP contribution in [-0.2, 0) is 0 Å². The fraction of sp³-hybridized carbons (Fsp3) is 0.190. The van der Waals surface area contributed by atoms with E-state index in [9.17, 15) is 4.79 Å². The summed E-state index contributed by atoms with van der Waals surface area (Å²) in [6, 6.07) is 18.0. The van der Waals surface area contributed by atoms with Crippen molar-refractivity contribution in [1.29, 1.82) is 0 Å². The fourth-order valence-corrected chi connectivity index (χ4v) is 3.06. The lowest BCUT2D eigenvalue weighted by molar-refractivity contribution is 0.101. The number of hydrogen-bond acceptors (Lipinski definition) is 2. The van der Waals surface area contributed by atoms with Crippen LogP contribution in [0.2, 0.25) is 5.02 Å². The van der Waals surface area contributed by atoms with Gasteiger partial charge in [0.1, 0.15) is 11.5 Å². The Bertz CT molecular complexity index is 812. The van der Waals surface area contributed by atoms with E-state index in [0.717, 1.165) is 16.9 Å². The Balaban J connectivity index is 2.14. The van der Waals surface area contributed by atoms with Gasteiger partial charge < -0.3 is 4.42 Å². The van der Waals surface area contributed by atoms with E-state index >= 15 is 0 Å². The van der Waals surface area contributed by atoms with Crippen molar-refractivity contribution < 1.29 is 9.21 Å². The number of carbonyl (C=O) groups is 1. The van der Waals surface area contributed by atoms with Crippen molar-refractivity contribution in [1.82, 2.24) is 0 Å². The number of benzene rings is 2. The summed E-state index contributed by atoms with van der Waals surface area (Å²) >= 11 is 6.03. The van der Waals surface area contributed by atoms with Crippen molar-refractivity contribution in [2.45, 2.75) is 26.7 Å². The van der Waals surface area contributed by atoms with Gasteiger partial charge in [0.2, 0.25) is 0 Å². The number of hydrogen-bond donors (Lipinski definition) is 0. The molecular formula is C21H19ClO2. The average molecular weight is 339 g/mol. The predicted molar refractivity (Wildman–Crippen MR) is 97.0 cm³/mol. The number of aryl methyl sites for hydroxylation is 2. The quantitative estimate of drug-likeness (QED) is 0.551. The summed E-state index contributed by atoms with van der Waals surface area (Å²) in [5, 5.41) is 0.696. The van der Waals surface area contributed by atoms with Gasteiger partial charge in [-0.3, -0.25) is 4.79 Å². The lowest BCUT2D eigenvalue weighted by Gasteiger charge is -2.16. The first-order valence-electron chi connectivity index (χ1n) is 7.89. The van der Waals surface area contributed by atoms with Crippen LogP contribution >= 0.6 is 11.6 Å². The van der Waals surface area contributed by atoms with Crippen molar-refractivity contribution in [3.8, 4) is 0 Å². The molecule has 1 heterocycles. The molecule has 0 bridgehead atoms. The molecular weight excluding hydrogens is 320 g/mol. The third-order valence-electron chi connectivity index (χ3n) is 4.21. The van der Waals surface area contributed by atoms with Gasteiger partial charge in [-0.1, -0.05) is 53.6 Å². The molecule has 3 heteroatoms. The molecule has 0 radical (unpaired) electrons. The van der Waals surface area contributed by atoms with E-state index < -0.39 is 0 Å². The van der Waals surface area contributed by atoms with Gasteiger partial charge in [0.25, 0.3) is 0 Å². The second-order valence-corrected chi connectivity index (χ2v) is 6.51. The monoisotopic (exact) mass is 338 g/mol. The average Bonchev–Trinajstić information content (AvgIpc) is 2.93. The predicted octanol–water partition coefficient (Wildman–Crippen LogP) is 5.93. The summed E-state index contributed by atoms with van der Waals surface area (Å²) in [6.07, 6.45) is 0. The summed E-state index contributed by atoms with van der Waals surface area (Å²) in [4.78, 5) is 11.8. The summed E-state index contributed by atoms with van der Waals surface area (Å²) < 4.78 is 5.95. The van der Waals surface area contributed by atoms with Gasteiger partial charge >= 0.3 is 0 Å². The minimum absolute atomic E-state index is 0.0151. The molecule has 0 saturated carbocycles. The molecule has 122 valence electrons. The normalized spacial score (nSPS) is 12.2. The largest absolute Gasteiger partial charge is 0.465 e. The first-order chi connectivity index (χ1) is 11.5. The maximum atomic E-state index is 11.8. The van der Waals surface area contributed by atoms with Crippen LogP contribution in [0.5, 0.6) is 0 Å². The molecule has 2 aromatic carbocycles. The van der Waals surface area contributed by atoms with Gasteiger partial charge in [-0.15, -0.1) is 0 Å². The Labute approximate surface area is 147 Å². The van der Waals surface area contributed by atoms with E-state index in [1.54, 1.807) is 6.92 Å². The smallest absolute Gasteiger partial charge is 0.163 e. The van der Waals surface area contributed by atoms with Crippen LogP contribution in [0.3, 0.4) is 0 Å². The molecule has 0 spiro atoms. The van der Waals surface area contributed by atoms with Crippen LogP contribution in [0.1, 0.15) is 51.4 Å². The topological polar surface area (TPSA) is 30.2 Å². The zero-order chi connectivity index (χ0) is 17.3. The first kappa shape index (κ1) is 16.5. The molecule has 0 saturated heterocycles. The summed E-state index contributed by atoms with van der Waals surface area (Å²) in [7, 11) is 0. The first-order valence-corrected chi connectivity index (χ1v) is 8.27. The summed E-state index contributed by atoms with van der Waals surface area (Å²) in [5.74, 6) is 1.36. The molecule has 0 amide bonds. The number of rotatable bonds is 4. The van der Waals surface area contributed by atoms with Crippen molar-refractivity contribution >= 4 is 17.4 Å².